The van der Waals surface area contributed by atoms with Crippen LogP contribution in [0.5, 0.6) is 0 Å². The average molecular weight is 809 g/mol. The topological polar surface area (TPSA) is 112 Å². The Balaban J connectivity index is 4.43. The van der Waals surface area contributed by atoms with Gasteiger partial charge in [0, 0.05) is 6.42 Å². The highest BCUT2D eigenvalue weighted by molar-refractivity contribution is 7.47. The van der Waals surface area contributed by atoms with Crippen molar-refractivity contribution in [1.29, 1.82) is 0 Å². The number of rotatable bonds is 39. The molecule has 0 amide bonds. The van der Waals surface area contributed by atoms with E-state index in [1.54, 1.807) is 6.26 Å². The summed E-state index contributed by atoms with van der Waals surface area (Å²) in [6, 6.07) is 0. The lowest BCUT2D eigenvalue weighted by Crippen LogP contribution is -2.37. The second kappa shape index (κ2) is 38.3. The van der Waals surface area contributed by atoms with E-state index < -0.39 is 19.9 Å². The van der Waals surface area contributed by atoms with Crippen LogP contribution in [-0.4, -0.2) is 80.2 Å². The Hall–Kier alpha value is -2.26. The number of allylic oxidation sites excluding steroid dienone is 11. The SMILES string of the molecule is CCCCCCCC/C=C\CCCCCC/C=C/OC[C@H](COP(=O)(O)OCC[N+](C)(C)C)OC(=O)CCC/C=C\C/C=C\C/C=C\C/C=C\CCC[C@H](C)O. The van der Waals surface area contributed by atoms with Crippen LogP contribution in [0, 0.1) is 0 Å². The third kappa shape index (κ3) is 42.9. The van der Waals surface area contributed by atoms with Crippen LogP contribution >= 0.6 is 7.82 Å². The number of carbonyl (C=O) groups is 1. The molecule has 56 heavy (non-hydrogen) atoms. The van der Waals surface area contributed by atoms with Crippen molar-refractivity contribution < 1.29 is 42.4 Å². The van der Waals surface area contributed by atoms with Gasteiger partial charge >= 0.3 is 13.8 Å². The van der Waals surface area contributed by atoms with Crippen molar-refractivity contribution in [1.82, 2.24) is 0 Å². The van der Waals surface area contributed by atoms with Gasteiger partial charge in [-0.1, -0.05) is 113 Å². The van der Waals surface area contributed by atoms with Crippen molar-refractivity contribution in [3.05, 3.63) is 73.1 Å². The molecule has 0 aromatic carbocycles. The van der Waals surface area contributed by atoms with Crippen LogP contribution in [-0.2, 0) is 27.9 Å². The first-order valence-electron chi connectivity index (χ1n) is 21.8. The Kier molecular flexibility index (Phi) is 36.7. The molecule has 0 aromatic heterocycles. The molecule has 0 aliphatic heterocycles. The van der Waals surface area contributed by atoms with Crippen LogP contribution in [0.15, 0.2) is 73.1 Å². The van der Waals surface area contributed by atoms with E-state index in [1.165, 1.54) is 64.2 Å². The quantitative estimate of drug-likeness (QED) is 0.0158. The zero-order valence-corrected chi connectivity index (χ0v) is 37.1. The van der Waals surface area contributed by atoms with Gasteiger partial charge in [0.05, 0.1) is 40.1 Å². The third-order valence-electron chi connectivity index (χ3n) is 8.82. The Morgan fingerprint density at radius 3 is 1.68 bits per heavy atom. The van der Waals surface area contributed by atoms with Gasteiger partial charge in [0.1, 0.15) is 19.8 Å². The van der Waals surface area contributed by atoms with Gasteiger partial charge in [-0.3, -0.25) is 13.8 Å². The largest absolute Gasteiger partial charge is 0.498 e. The molecular weight excluding hydrogens is 725 g/mol. The molecule has 0 fully saturated rings. The Morgan fingerprint density at radius 2 is 1.12 bits per heavy atom. The Morgan fingerprint density at radius 1 is 0.643 bits per heavy atom. The molecule has 9 nitrogen and oxygen atoms in total. The molecular formula is C46H83NO8P+. The summed E-state index contributed by atoms with van der Waals surface area (Å²) < 4.78 is 34.6. The fraction of sp³-hybridized carbons (Fsp3) is 0.717. The minimum Gasteiger partial charge on any atom is -0.498 e. The number of ether oxygens (including phenoxy) is 2. The Bertz CT molecular complexity index is 1140. The number of quaternary nitrogens is 1. The molecule has 0 saturated carbocycles. The standard InChI is InChI=1S/C46H82NO8P/c1-6-7-8-9-10-11-12-13-14-18-21-24-27-30-33-36-40-52-42-45(43-54-56(50,51)53-41-39-47(3,4)5)55-46(49)38-35-32-29-26-23-20-17-15-16-19-22-25-28-31-34-37-44(2)48/h13-14,16-17,19-20,25-26,28-29,36,40,44-45,48H,6-12,15,18,21-24,27,30-35,37-39,41-43H2,1-5H3/p+1/b14-13-,19-16-,20-17-,28-25-,29-26-,40-36+/t44-,45+/m0/s1. The number of aliphatic hydroxyl groups excluding tert-OH is 1. The average Bonchev–Trinajstić information content (AvgIpc) is 3.13. The molecule has 0 aliphatic carbocycles. The van der Waals surface area contributed by atoms with Crippen LogP contribution in [0.3, 0.4) is 0 Å². The summed E-state index contributed by atoms with van der Waals surface area (Å²) in [5, 5.41) is 9.28. The molecule has 0 rings (SSSR count). The van der Waals surface area contributed by atoms with Crippen molar-refractivity contribution in [2.24, 2.45) is 0 Å². The van der Waals surface area contributed by atoms with Gasteiger partial charge in [-0.25, -0.2) is 4.57 Å². The maximum absolute atomic E-state index is 12.6. The van der Waals surface area contributed by atoms with E-state index in [1.807, 2.05) is 34.1 Å². The fourth-order valence-corrected chi connectivity index (χ4v) is 6.15. The summed E-state index contributed by atoms with van der Waals surface area (Å²) in [5.41, 5.74) is 0. The van der Waals surface area contributed by atoms with Gasteiger partial charge in [-0.2, -0.15) is 0 Å². The smallest absolute Gasteiger partial charge is 0.472 e. The highest BCUT2D eigenvalue weighted by Crippen LogP contribution is 2.43. The monoisotopic (exact) mass is 809 g/mol. The summed E-state index contributed by atoms with van der Waals surface area (Å²) in [5.74, 6) is -0.406. The number of unbranched alkanes of at least 4 members (excludes halogenated alkanes) is 13. The summed E-state index contributed by atoms with van der Waals surface area (Å²) in [6.45, 7) is 4.37. The van der Waals surface area contributed by atoms with E-state index in [2.05, 4.69) is 67.7 Å². The van der Waals surface area contributed by atoms with Gasteiger partial charge < -0.3 is 24.0 Å². The number of hydrogen-bond acceptors (Lipinski definition) is 7. The van der Waals surface area contributed by atoms with E-state index in [9.17, 15) is 19.4 Å². The maximum atomic E-state index is 12.6. The number of esters is 1. The van der Waals surface area contributed by atoms with Gasteiger partial charge in [0.25, 0.3) is 0 Å². The summed E-state index contributed by atoms with van der Waals surface area (Å²) >= 11 is 0. The van der Waals surface area contributed by atoms with E-state index in [0.29, 0.717) is 17.4 Å². The first kappa shape index (κ1) is 53.7. The lowest BCUT2D eigenvalue weighted by atomic mass is 10.1. The first-order chi connectivity index (χ1) is 26.9. The molecule has 0 saturated heterocycles. The molecule has 10 heteroatoms. The first-order valence-corrected chi connectivity index (χ1v) is 23.3. The van der Waals surface area contributed by atoms with Gasteiger partial charge in [-0.05, 0) is 103 Å². The molecule has 0 radical (unpaired) electrons. The highest BCUT2D eigenvalue weighted by Gasteiger charge is 2.26. The van der Waals surface area contributed by atoms with E-state index in [-0.39, 0.29) is 32.3 Å². The van der Waals surface area contributed by atoms with Gasteiger partial charge in [0.15, 0.2) is 6.10 Å². The van der Waals surface area contributed by atoms with E-state index in [0.717, 1.165) is 64.2 Å². The zero-order valence-electron chi connectivity index (χ0n) is 36.2. The lowest BCUT2D eigenvalue weighted by molar-refractivity contribution is -0.870. The fourth-order valence-electron chi connectivity index (χ4n) is 5.40. The van der Waals surface area contributed by atoms with E-state index in [4.69, 9.17) is 18.5 Å². The second-order valence-corrected chi connectivity index (χ2v) is 17.2. The Labute approximate surface area is 343 Å². The minimum absolute atomic E-state index is 0.00907. The number of nitrogens with zero attached hydrogens (tertiary/aromatic N) is 1. The van der Waals surface area contributed by atoms with Crippen molar-refractivity contribution in [3.8, 4) is 0 Å². The second-order valence-electron chi connectivity index (χ2n) is 15.7. The van der Waals surface area contributed by atoms with Gasteiger partial charge in [-0.15, -0.1) is 0 Å². The molecule has 1 unspecified atom stereocenters. The number of aliphatic hydroxyl groups is 1. The number of hydrogen-bond donors (Lipinski definition) is 2. The van der Waals surface area contributed by atoms with Crippen LogP contribution in [0.1, 0.15) is 155 Å². The number of carbonyl (C=O) groups excluding carboxylic acids is 1. The normalized spacial score (nSPS) is 15.0. The van der Waals surface area contributed by atoms with Crippen LogP contribution in [0.4, 0.5) is 0 Å². The van der Waals surface area contributed by atoms with Crippen molar-refractivity contribution >= 4 is 13.8 Å². The molecule has 2 N–H and O–H groups in total. The van der Waals surface area contributed by atoms with Gasteiger partial charge in [0.2, 0.25) is 0 Å². The maximum Gasteiger partial charge on any atom is 0.472 e. The third-order valence-corrected chi connectivity index (χ3v) is 9.81. The summed E-state index contributed by atoms with van der Waals surface area (Å²) in [4.78, 5) is 22.8. The predicted molar refractivity (Wildman–Crippen MR) is 234 cm³/mol. The van der Waals surface area contributed by atoms with Crippen LogP contribution in [0.2, 0.25) is 0 Å². The zero-order chi connectivity index (χ0) is 41.4. The molecule has 0 aromatic rings. The molecule has 0 spiro atoms. The highest BCUT2D eigenvalue weighted by atomic mass is 31.2. The number of phosphoric acid groups is 1. The minimum atomic E-state index is -4.32. The number of likely N-dealkylation sites (N-methyl/N-ethyl adjacent to an activating group) is 1. The van der Waals surface area contributed by atoms with Crippen molar-refractivity contribution in [2.75, 3.05) is 47.5 Å². The van der Waals surface area contributed by atoms with Crippen LogP contribution < -0.4 is 0 Å². The molecule has 3 atom stereocenters. The molecule has 0 heterocycles. The summed E-state index contributed by atoms with van der Waals surface area (Å²) in [7, 11) is 1.56. The predicted octanol–water partition coefficient (Wildman–Crippen LogP) is 12.0. The molecule has 0 aliphatic rings. The molecule has 0 bridgehead atoms. The van der Waals surface area contributed by atoms with E-state index >= 15 is 0 Å². The lowest BCUT2D eigenvalue weighted by Gasteiger charge is -2.24. The van der Waals surface area contributed by atoms with Crippen molar-refractivity contribution in [3.63, 3.8) is 0 Å². The van der Waals surface area contributed by atoms with Crippen molar-refractivity contribution in [2.45, 2.75) is 167 Å². The molecule has 324 valence electrons. The summed E-state index contributed by atoms with van der Waals surface area (Å²) in [6.07, 6.45) is 47.4. The number of phosphoric ester groups is 1. The van der Waals surface area contributed by atoms with Crippen LogP contribution in [0.25, 0.3) is 0 Å².